The molecule has 0 saturated heterocycles. The predicted molar refractivity (Wildman–Crippen MR) is 84.0 cm³/mol. The fraction of sp³-hybridized carbons (Fsp3) is 0.333. The zero-order valence-corrected chi connectivity index (χ0v) is 13.9. The van der Waals surface area contributed by atoms with Crippen molar-refractivity contribution in [2.75, 3.05) is 7.11 Å². The van der Waals surface area contributed by atoms with Crippen LogP contribution < -0.4 is 0 Å². The number of halogens is 2. The van der Waals surface area contributed by atoms with Crippen molar-refractivity contribution in [2.24, 2.45) is 0 Å². The third kappa shape index (κ3) is 4.11. The Balaban J connectivity index is 2.30. The molecule has 1 N–H and O–H groups in total. The number of carboxylic acid groups (broad SMARTS) is 1. The van der Waals surface area contributed by atoms with E-state index < -0.39 is 12.1 Å². The first-order chi connectivity index (χ1) is 10.0. The van der Waals surface area contributed by atoms with E-state index in [1.807, 2.05) is 6.07 Å². The van der Waals surface area contributed by atoms with Gasteiger partial charge in [0.25, 0.3) is 0 Å². The molecule has 1 aromatic heterocycles. The van der Waals surface area contributed by atoms with E-state index in [-0.39, 0.29) is 13.0 Å². The third-order valence-corrected chi connectivity index (χ3v) is 3.99. The molecule has 0 amide bonds. The van der Waals surface area contributed by atoms with E-state index in [9.17, 15) is 4.79 Å². The summed E-state index contributed by atoms with van der Waals surface area (Å²) in [5.74, 6) is -0.414. The molecule has 7 nitrogen and oxygen atoms in total. The van der Waals surface area contributed by atoms with E-state index >= 15 is 0 Å². The minimum Gasteiger partial charge on any atom is -0.481 e. The lowest BCUT2D eigenvalue weighted by Gasteiger charge is -2.14. The molecule has 112 valence electrons. The van der Waals surface area contributed by atoms with Crippen molar-refractivity contribution in [2.45, 2.75) is 19.1 Å². The van der Waals surface area contributed by atoms with Crippen LogP contribution in [0, 0.1) is 3.57 Å². The number of benzene rings is 1. The fourth-order valence-electron chi connectivity index (χ4n) is 1.80. The van der Waals surface area contributed by atoms with Crippen molar-refractivity contribution in [3.63, 3.8) is 0 Å². The molecule has 0 radical (unpaired) electrons. The molecule has 0 bridgehead atoms. The van der Waals surface area contributed by atoms with Crippen molar-refractivity contribution < 1.29 is 14.6 Å². The zero-order valence-electron chi connectivity index (χ0n) is 11.0. The lowest BCUT2D eigenvalue weighted by Crippen LogP contribution is -2.23. The van der Waals surface area contributed by atoms with Gasteiger partial charge in [-0.1, -0.05) is 11.6 Å². The van der Waals surface area contributed by atoms with Gasteiger partial charge < -0.3 is 9.84 Å². The Hall–Kier alpha value is -1.26. The van der Waals surface area contributed by atoms with Gasteiger partial charge in [0.2, 0.25) is 0 Å². The number of carbonyl (C=O) groups is 1. The summed E-state index contributed by atoms with van der Waals surface area (Å²) in [7, 11) is 1.46. The first-order valence-corrected chi connectivity index (χ1v) is 7.43. The third-order valence-electron chi connectivity index (χ3n) is 2.81. The van der Waals surface area contributed by atoms with Crippen molar-refractivity contribution in [3.8, 4) is 11.4 Å². The monoisotopic (exact) mass is 422 g/mol. The average Bonchev–Trinajstić information content (AvgIpc) is 2.88. The Labute approximate surface area is 139 Å². The highest BCUT2D eigenvalue weighted by Gasteiger charge is 2.18. The second kappa shape index (κ2) is 7.14. The highest BCUT2D eigenvalue weighted by Crippen LogP contribution is 2.26. The fourth-order valence-corrected chi connectivity index (χ4v) is 2.55. The summed E-state index contributed by atoms with van der Waals surface area (Å²) in [5.41, 5.74) is 0.790. The smallest absolute Gasteiger partial charge is 0.306 e. The van der Waals surface area contributed by atoms with Crippen molar-refractivity contribution in [3.05, 3.63) is 26.8 Å². The molecule has 2 rings (SSSR count). The minimum atomic E-state index is -0.936. The molecule has 0 fully saturated rings. The number of nitrogens with zero attached hydrogens (tertiary/aromatic N) is 4. The van der Waals surface area contributed by atoms with Crippen LogP contribution in [-0.2, 0) is 16.1 Å². The minimum absolute atomic E-state index is 0.123. The molecule has 0 aliphatic rings. The molecule has 1 aromatic carbocycles. The van der Waals surface area contributed by atoms with Gasteiger partial charge in [0.1, 0.15) is 0 Å². The quantitative estimate of drug-likeness (QED) is 0.717. The highest BCUT2D eigenvalue weighted by molar-refractivity contribution is 14.1. The van der Waals surface area contributed by atoms with Crippen LogP contribution in [0.15, 0.2) is 18.2 Å². The summed E-state index contributed by atoms with van der Waals surface area (Å²) in [6.45, 7) is 0.244. The molecule has 0 spiro atoms. The number of hydrogen-bond donors (Lipinski definition) is 1. The van der Waals surface area contributed by atoms with E-state index in [1.54, 1.807) is 12.1 Å². The number of carboxylic acids is 1. The van der Waals surface area contributed by atoms with Crippen LogP contribution in [0.4, 0.5) is 0 Å². The molecule has 0 aliphatic heterocycles. The number of aromatic nitrogens is 4. The summed E-state index contributed by atoms with van der Waals surface area (Å²) in [5, 5.41) is 21.0. The molecule has 1 atom stereocenters. The second-order valence-corrected chi connectivity index (χ2v) is 5.86. The number of tetrazole rings is 1. The van der Waals surface area contributed by atoms with Crippen LogP contribution in [-0.4, -0.2) is 44.5 Å². The van der Waals surface area contributed by atoms with E-state index in [2.05, 4.69) is 38.1 Å². The molecule has 1 unspecified atom stereocenters. The van der Waals surface area contributed by atoms with Crippen LogP contribution in [0.5, 0.6) is 0 Å². The Morgan fingerprint density at radius 2 is 2.33 bits per heavy atom. The zero-order chi connectivity index (χ0) is 15.4. The number of hydrogen-bond acceptors (Lipinski definition) is 5. The molecular weight excluding hydrogens is 411 g/mol. The summed E-state index contributed by atoms with van der Waals surface area (Å²) < 4.78 is 7.62. The molecule has 1 heterocycles. The molecular formula is C12H12ClIN4O3. The topological polar surface area (TPSA) is 90.1 Å². The van der Waals surface area contributed by atoms with Gasteiger partial charge in [-0.15, -0.1) is 5.10 Å². The van der Waals surface area contributed by atoms with Crippen LogP contribution in [0.3, 0.4) is 0 Å². The largest absolute Gasteiger partial charge is 0.481 e. The van der Waals surface area contributed by atoms with E-state index in [0.717, 1.165) is 9.13 Å². The second-order valence-electron chi connectivity index (χ2n) is 4.26. The van der Waals surface area contributed by atoms with Gasteiger partial charge >= 0.3 is 5.97 Å². The number of rotatable bonds is 6. The normalized spacial score (nSPS) is 12.3. The lowest BCUT2D eigenvalue weighted by molar-refractivity contribution is -0.139. The Bertz CT molecular complexity index is 649. The molecule has 9 heteroatoms. The SMILES string of the molecule is COC(CC(=O)O)Cn1nnnc1-c1cc(Cl)ccc1I. The first-order valence-electron chi connectivity index (χ1n) is 5.97. The number of aliphatic carboxylic acids is 1. The summed E-state index contributed by atoms with van der Waals surface area (Å²) in [6.07, 6.45) is -0.635. The van der Waals surface area contributed by atoms with Crippen molar-refractivity contribution >= 4 is 40.2 Å². The Morgan fingerprint density at radius 1 is 1.57 bits per heavy atom. The van der Waals surface area contributed by atoms with Crippen molar-refractivity contribution in [1.29, 1.82) is 0 Å². The Morgan fingerprint density at radius 3 is 3.00 bits per heavy atom. The maximum atomic E-state index is 10.8. The maximum absolute atomic E-state index is 10.8. The van der Waals surface area contributed by atoms with E-state index in [0.29, 0.717) is 10.8 Å². The van der Waals surface area contributed by atoms with Gasteiger partial charge in [-0.05, 0) is 51.2 Å². The van der Waals surface area contributed by atoms with Gasteiger partial charge in [-0.2, -0.15) is 0 Å². The van der Waals surface area contributed by atoms with Gasteiger partial charge in [0, 0.05) is 21.3 Å². The maximum Gasteiger partial charge on any atom is 0.306 e. The molecule has 0 aliphatic carbocycles. The lowest BCUT2D eigenvalue weighted by atomic mass is 10.2. The Kier molecular flexibility index (Phi) is 5.48. The van der Waals surface area contributed by atoms with Gasteiger partial charge in [-0.3, -0.25) is 4.79 Å². The summed E-state index contributed by atoms with van der Waals surface area (Å²) >= 11 is 8.17. The summed E-state index contributed by atoms with van der Waals surface area (Å²) in [4.78, 5) is 10.8. The van der Waals surface area contributed by atoms with Gasteiger partial charge in [-0.25, -0.2) is 4.68 Å². The first kappa shape index (κ1) is 16.1. The van der Waals surface area contributed by atoms with Gasteiger partial charge in [0.15, 0.2) is 5.82 Å². The molecule has 2 aromatic rings. The molecule has 0 saturated carbocycles. The van der Waals surface area contributed by atoms with Crippen LogP contribution in [0.1, 0.15) is 6.42 Å². The predicted octanol–water partition coefficient (Wildman–Crippen LogP) is 2.09. The van der Waals surface area contributed by atoms with Crippen LogP contribution >= 0.6 is 34.2 Å². The number of methoxy groups -OCH3 is 1. The van der Waals surface area contributed by atoms with Crippen LogP contribution in [0.25, 0.3) is 11.4 Å². The van der Waals surface area contributed by atoms with Gasteiger partial charge in [0.05, 0.1) is 19.1 Å². The van der Waals surface area contributed by atoms with E-state index in [1.165, 1.54) is 11.8 Å². The molecule has 21 heavy (non-hydrogen) atoms. The van der Waals surface area contributed by atoms with Crippen LogP contribution in [0.2, 0.25) is 5.02 Å². The van der Waals surface area contributed by atoms with Crippen molar-refractivity contribution in [1.82, 2.24) is 20.2 Å². The standard InChI is InChI=1S/C12H12ClIN4O3/c1-21-8(5-11(19)20)6-18-12(15-16-17-18)9-4-7(13)2-3-10(9)14/h2-4,8H,5-6H2,1H3,(H,19,20). The van der Waals surface area contributed by atoms with E-state index in [4.69, 9.17) is 21.4 Å². The number of ether oxygens (including phenoxy) is 1. The average molecular weight is 423 g/mol. The highest BCUT2D eigenvalue weighted by atomic mass is 127. The summed E-state index contributed by atoms with van der Waals surface area (Å²) in [6, 6.07) is 5.41.